The van der Waals surface area contributed by atoms with Gasteiger partial charge in [-0.15, -0.1) is 0 Å². The van der Waals surface area contributed by atoms with Crippen LogP contribution in [0.15, 0.2) is 40.9 Å². The Kier molecular flexibility index (Phi) is 5.01. The van der Waals surface area contributed by atoms with Gasteiger partial charge in [0, 0.05) is 34.2 Å². The molecule has 0 unspecified atom stereocenters. The van der Waals surface area contributed by atoms with Gasteiger partial charge in [-0.3, -0.25) is 4.79 Å². The average Bonchev–Trinajstić information content (AvgIpc) is 2.45. The van der Waals surface area contributed by atoms with Crippen molar-refractivity contribution in [2.75, 3.05) is 7.05 Å². The first-order chi connectivity index (χ1) is 9.90. The van der Waals surface area contributed by atoms with E-state index in [4.69, 9.17) is 11.6 Å². The van der Waals surface area contributed by atoms with Gasteiger partial charge in [0.05, 0.1) is 0 Å². The Balaban J connectivity index is 2.21. The topological polar surface area (TPSA) is 20.3 Å². The molecular weight excluding hydrogens is 357 g/mol. The van der Waals surface area contributed by atoms with Crippen molar-refractivity contribution in [3.8, 4) is 0 Å². The largest absolute Gasteiger partial charge is 0.337 e. The molecule has 1 amide bonds. The molecule has 0 aromatic heterocycles. The molecule has 2 rings (SSSR count). The van der Waals surface area contributed by atoms with Gasteiger partial charge in [-0.2, -0.15) is 0 Å². The molecule has 0 fully saturated rings. The van der Waals surface area contributed by atoms with Gasteiger partial charge < -0.3 is 4.90 Å². The average molecular weight is 371 g/mol. The number of aryl methyl sites for hydroxylation is 1. The van der Waals surface area contributed by atoms with E-state index in [1.165, 1.54) is 11.0 Å². The molecule has 21 heavy (non-hydrogen) atoms. The molecule has 0 spiro atoms. The fraction of sp³-hybridized carbons (Fsp3) is 0.188. The number of hydrogen-bond donors (Lipinski definition) is 0. The molecule has 0 atom stereocenters. The third-order valence-corrected chi connectivity index (χ3v) is 4.45. The van der Waals surface area contributed by atoms with Crippen LogP contribution in [0.1, 0.15) is 21.5 Å². The minimum absolute atomic E-state index is 0.124. The molecule has 0 bridgehead atoms. The molecular formula is C16H14BrClFNO. The minimum atomic E-state index is -0.408. The molecule has 0 aliphatic rings. The smallest absolute Gasteiger partial charge is 0.253 e. The van der Waals surface area contributed by atoms with Gasteiger partial charge in [0.1, 0.15) is 5.82 Å². The molecule has 0 radical (unpaired) electrons. The zero-order valence-electron chi connectivity index (χ0n) is 11.7. The number of nitrogens with zero attached hydrogens (tertiary/aromatic N) is 1. The Morgan fingerprint density at radius 1 is 1.33 bits per heavy atom. The number of amides is 1. The van der Waals surface area contributed by atoms with Crippen LogP contribution < -0.4 is 0 Å². The van der Waals surface area contributed by atoms with Crippen molar-refractivity contribution in [1.29, 1.82) is 0 Å². The van der Waals surface area contributed by atoms with Crippen LogP contribution in [0.4, 0.5) is 4.39 Å². The SMILES string of the molecule is Cc1cc(C(=O)N(C)Cc2c(F)cccc2Cl)ccc1Br. The van der Waals surface area contributed by atoms with E-state index in [9.17, 15) is 9.18 Å². The second-order valence-corrected chi connectivity index (χ2v) is 6.09. The molecule has 2 aromatic carbocycles. The monoisotopic (exact) mass is 369 g/mol. The van der Waals surface area contributed by atoms with E-state index in [-0.39, 0.29) is 12.5 Å². The Hall–Kier alpha value is -1.39. The van der Waals surface area contributed by atoms with E-state index in [1.54, 1.807) is 31.3 Å². The lowest BCUT2D eigenvalue weighted by Crippen LogP contribution is -2.26. The maximum Gasteiger partial charge on any atom is 0.253 e. The zero-order chi connectivity index (χ0) is 15.6. The van der Waals surface area contributed by atoms with Crippen molar-refractivity contribution < 1.29 is 9.18 Å². The van der Waals surface area contributed by atoms with Crippen LogP contribution in [0.5, 0.6) is 0 Å². The molecule has 0 saturated heterocycles. The number of rotatable bonds is 3. The van der Waals surface area contributed by atoms with Gasteiger partial charge in [-0.25, -0.2) is 4.39 Å². The van der Waals surface area contributed by atoms with Crippen molar-refractivity contribution in [3.05, 3.63) is 68.4 Å². The summed E-state index contributed by atoms with van der Waals surface area (Å²) in [6, 6.07) is 9.85. The van der Waals surface area contributed by atoms with E-state index in [0.29, 0.717) is 16.1 Å². The summed E-state index contributed by atoms with van der Waals surface area (Å²) in [7, 11) is 1.63. The maximum atomic E-state index is 13.8. The quantitative estimate of drug-likeness (QED) is 0.758. The Morgan fingerprint density at radius 3 is 2.67 bits per heavy atom. The molecule has 0 saturated carbocycles. The predicted octanol–water partition coefficient (Wildman–Crippen LogP) is 4.82. The second kappa shape index (κ2) is 6.58. The summed E-state index contributed by atoms with van der Waals surface area (Å²) in [6.07, 6.45) is 0. The first kappa shape index (κ1) is 16.0. The Morgan fingerprint density at radius 2 is 2.05 bits per heavy atom. The van der Waals surface area contributed by atoms with Crippen LogP contribution >= 0.6 is 27.5 Å². The third-order valence-electron chi connectivity index (χ3n) is 3.21. The van der Waals surface area contributed by atoms with Gasteiger partial charge in [0.15, 0.2) is 0 Å². The summed E-state index contributed by atoms with van der Waals surface area (Å²) >= 11 is 9.38. The van der Waals surface area contributed by atoms with Crippen molar-refractivity contribution >= 4 is 33.4 Å². The lowest BCUT2D eigenvalue weighted by molar-refractivity contribution is 0.0784. The first-order valence-electron chi connectivity index (χ1n) is 6.34. The first-order valence-corrected chi connectivity index (χ1v) is 7.51. The van der Waals surface area contributed by atoms with Crippen molar-refractivity contribution in [3.63, 3.8) is 0 Å². The molecule has 0 heterocycles. The fourth-order valence-corrected chi connectivity index (χ4v) is 2.46. The molecule has 5 heteroatoms. The van der Waals surface area contributed by atoms with Crippen LogP contribution in [0.25, 0.3) is 0 Å². The summed E-state index contributed by atoms with van der Waals surface area (Å²) in [5, 5.41) is 0.321. The standard InChI is InChI=1S/C16H14BrClFNO/c1-10-8-11(6-7-13(10)17)16(21)20(2)9-12-14(18)4-3-5-15(12)19/h3-8H,9H2,1-2H3. The normalized spacial score (nSPS) is 10.5. The third kappa shape index (κ3) is 3.63. The highest BCUT2D eigenvalue weighted by atomic mass is 79.9. The molecule has 2 aromatic rings. The van der Waals surface area contributed by atoms with E-state index in [2.05, 4.69) is 15.9 Å². The van der Waals surface area contributed by atoms with Gasteiger partial charge in [-0.05, 0) is 42.8 Å². The second-order valence-electron chi connectivity index (χ2n) is 4.83. The molecule has 2 nitrogen and oxygen atoms in total. The molecule has 0 aliphatic heterocycles. The van der Waals surface area contributed by atoms with Crippen molar-refractivity contribution in [1.82, 2.24) is 4.90 Å². The van der Waals surface area contributed by atoms with Crippen LogP contribution in [0.2, 0.25) is 5.02 Å². The van der Waals surface area contributed by atoms with Gasteiger partial charge in [0.2, 0.25) is 0 Å². The van der Waals surface area contributed by atoms with E-state index in [0.717, 1.165) is 10.0 Å². The number of carbonyl (C=O) groups excluding carboxylic acids is 1. The highest BCUT2D eigenvalue weighted by Crippen LogP contribution is 2.22. The summed E-state index contributed by atoms with van der Waals surface area (Å²) in [4.78, 5) is 13.8. The van der Waals surface area contributed by atoms with Crippen LogP contribution in [-0.2, 0) is 6.54 Å². The van der Waals surface area contributed by atoms with Crippen LogP contribution in [-0.4, -0.2) is 17.9 Å². The molecule has 0 N–H and O–H groups in total. The number of benzene rings is 2. The summed E-state index contributed by atoms with van der Waals surface area (Å²) in [6.45, 7) is 2.04. The summed E-state index contributed by atoms with van der Waals surface area (Å²) in [5.74, 6) is -0.584. The van der Waals surface area contributed by atoms with Gasteiger partial charge in [0.25, 0.3) is 5.91 Å². The molecule has 0 aliphatic carbocycles. The highest BCUT2D eigenvalue weighted by Gasteiger charge is 2.16. The summed E-state index contributed by atoms with van der Waals surface area (Å²) < 4.78 is 14.7. The zero-order valence-corrected chi connectivity index (χ0v) is 14.0. The Bertz CT molecular complexity index is 670. The lowest BCUT2D eigenvalue weighted by atomic mass is 10.1. The Labute approximate surface area is 136 Å². The molecule has 110 valence electrons. The van der Waals surface area contributed by atoms with Crippen LogP contribution in [0, 0.1) is 12.7 Å². The number of halogens is 3. The van der Waals surface area contributed by atoms with E-state index >= 15 is 0 Å². The minimum Gasteiger partial charge on any atom is -0.337 e. The highest BCUT2D eigenvalue weighted by molar-refractivity contribution is 9.10. The fourth-order valence-electron chi connectivity index (χ4n) is 1.99. The lowest BCUT2D eigenvalue weighted by Gasteiger charge is -2.19. The number of hydrogen-bond acceptors (Lipinski definition) is 1. The maximum absolute atomic E-state index is 13.8. The van der Waals surface area contributed by atoms with Crippen molar-refractivity contribution in [2.45, 2.75) is 13.5 Å². The predicted molar refractivity (Wildman–Crippen MR) is 86.1 cm³/mol. The van der Waals surface area contributed by atoms with E-state index < -0.39 is 5.82 Å². The van der Waals surface area contributed by atoms with E-state index in [1.807, 2.05) is 13.0 Å². The van der Waals surface area contributed by atoms with Gasteiger partial charge in [-0.1, -0.05) is 33.6 Å². The van der Waals surface area contributed by atoms with Crippen molar-refractivity contribution in [2.24, 2.45) is 0 Å². The number of carbonyl (C=O) groups is 1. The summed E-state index contributed by atoms with van der Waals surface area (Å²) in [5.41, 5.74) is 1.85. The van der Waals surface area contributed by atoms with Gasteiger partial charge >= 0.3 is 0 Å². The van der Waals surface area contributed by atoms with Crippen LogP contribution in [0.3, 0.4) is 0 Å².